The number of hydrogen-bond acceptors (Lipinski definition) is 3. The van der Waals surface area contributed by atoms with Crippen LogP contribution in [-0.2, 0) is 6.42 Å². The van der Waals surface area contributed by atoms with E-state index >= 15 is 0 Å². The molecule has 1 aliphatic heterocycles. The van der Waals surface area contributed by atoms with E-state index < -0.39 is 0 Å². The summed E-state index contributed by atoms with van der Waals surface area (Å²) in [6.07, 6.45) is 2.48. The number of aryl methyl sites for hydroxylation is 1. The van der Waals surface area contributed by atoms with Crippen molar-refractivity contribution in [2.75, 3.05) is 11.9 Å². The number of para-hydroxylation sites is 1. The Hall–Kier alpha value is -3.87. The van der Waals surface area contributed by atoms with Gasteiger partial charge in [0.25, 0.3) is 5.56 Å². The lowest BCUT2D eigenvalue weighted by Crippen LogP contribution is -2.48. The third-order valence-electron chi connectivity index (χ3n) is 5.28. The number of nitrogens with zero attached hydrogens (tertiary/aromatic N) is 3. The van der Waals surface area contributed by atoms with Gasteiger partial charge in [0.2, 0.25) is 5.95 Å². The van der Waals surface area contributed by atoms with Gasteiger partial charge in [-0.3, -0.25) is 19.7 Å². The Bertz CT molecular complexity index is 1290. The zero-order chi connectivity index (χ0) is 20.5. The highest BCUT2D eigenvalue weighted by Crippen LogP contribution is 2.22. The van der Waals surface area contributed by atoms with Crippen LogP contribution < -0.4 is 16.2 Å². The lowest BCUT2D eigenvalue weighted by atomic mass is 10.1. The van der Waals surface area contributed by atoms with Crippen LogP contribution in [0, 0.1) is 6.92 Å². The van der Waals surface area contributed by atoms with Crippen LogP contribution in [0.1, 0.15) is 23.0 Å². The Balaban J connectivity index is 1.44. The standard InChI is InChI=1S/C23H22N6O/c1-15-13-20(30)29-21(16-7-3-2-4-8-16)27-22(28-23(29)26-15)24-12-11-17-14-25-19-10-6-5-9-18(17)19/h2-10,13-14,21,25H,11-12H2,1H3,(H2,24,26,27,28). The van der Waals surface area contributed by atoms with Crippen LogP contribution in [0.15, 0.2) is 76.6 Å². The molecule has 0 aliphatic carbocycles. The van der Waals surface area contributed by atoms with Gasteiger partial charge in [0.1, 0.15) is 6.17 Å². The number of aromatic amines is 1. The minimum absolute atomic E-state index is 0.107. The predicted molar refractivity (Wildman–Crippen MR) is 119 cm³/mol. The van der Waals surface area contributed by atoms with Gasteiger partial charge >= 0.3 is 0 Å². The van der Waals surface area contributed by atoms with Crippen LogP contribution in [0.5, 0.6) is 0 Å². The number of aromatic nitrogens is 3. The summed E-state index contributed by atoms with van der Waals surface area (Å²) in [6.45, 7) is 2.42. The van der Waals surface area contributed by atoms with Crippen molar-refractivity contribution in [2.45, 2.75) is 19.5 Å². The van der Waals surface area contributed by atoms with E-state index in [4.69, 9.17) is 4.99 Å². The normalized spacial score (nSPS) is 16.8. The summed E-state index contributed by atoms with van der Waals surface area (Å²) in [7, 11) is 0. The van der Waals surface area contributed by atoms with Gasteiger partial charge in [0.05, 0.1) is 0 Å². The van der Waals surface area contributed by atoms with E-state index in [0.29, 0.717) is 24.1 Å². The molecule has 0 fully saturated rings. The molecule has 1 atom stereocenters. The van der Waals surface area contributed by atoms with Crippen molar-refractivity contribution >= 4 is 22.8 Å². The second-order valence-corrected chi connectivity index (χ2v) is 7.35. The smallest absolute Gasteiger partial charge is 0.257 e. The molecule has 2 aromatic heterocycles. The molecule has 4 aromatic rings. The first-order valence-corrected chi connectivity index (χ1v) is 9.97. The van der Waals surface area contributed by atoms with Crippen LogP contribution in [0.25, 0.3) is 10.9 Å². The molecule has 2 aromatic carbocycles. The van der Waals surface area contributed by atoms with Crippen LogP contribution in [-0.4, -0.2) is 27.0 Å². The fourth-order valence-electron chi connectivity index (χ4n) is 3.86. The van der Waals surface area contributed by atoms with Crippen LogP contribution in [0.2, 0.25) is 0 Å². The van der Waals surface area contributed by atoms with Crippen molar-refractivity contribution in [3.63, 3.8) is 0 Å². The molecule has 5 rings (SSSR count). The highest BCUT2D eigenvalue weighted by molar-refractivity contribution is 5.93. The minimum atomic E-state index is -0.366. The Kier molecular flexibility index (Phi) is 4.55. The Morgan fingerprint density at radius 1 is 1.10 bits per heavy atom. The molecule has 150 valence electrons. The minimum Gasteiger partial charge on any atom is -0.361 e. The maximum Gasteiger partial charge on any atom is 0.257 e. The molecule has 0 bridgehead atoms. The SMILES string of the molecule is Cc1cc(=O)n2c(n1)NC(=NCCc1c[nH]c3ccccc13)NC2c1ccccc1. The van der Waals surface area contributed by atoms with Crippen molar-refractivity contribution in [1.29, 1.82) is 0 Å². The van der Waals surface area contributed by atoms with Gasteiger partial charge in [-0.1, -0.05) is 48.5 Å². The molecule has 0 radical (unpaired) electrons. The van der Waals surface area contributed by atoms with Gasteiger partial charge in [0.15, 0.2) is 5.96 Å². The maximum absolute atomic E-state index is 12.7. The Morgan fingerprint density at radius 3 is 2.77 bits per heavy atom. The summed E-state index contributed by atoms with van der Waals surface area (Å²) in [4.78, 5) is 25.2. The molecule has 0 amide bonds. The summed E-state index contributed by atoms with van der Waals surface area (Å²) >= 11 is 0. The molecular weight excluding hydrogens is 376 g/mol. The molecule has 30 heavy (non-hydrogen) atoms. The summed E-state index contributed by atoms with van der Waals surface area (Å²) in [5.41, 5.74) is 3.90. The lowest BCUT2D eigenvalue weighted by molar-refractivity contribution is 0.515. The molecule has 0 spiro atoms. The average Bonchev–Trinajstić information content (AvgIpc) is 3.17. The zero-order valence-corrected chi connectivity index (χ0v) is 16.6. The average molecular weight is 398 g/mol. The number of rotatable bonds is 4. The highest BCUT2D eigenvalue weighted by atomic mass is 16.1. The van der Waals surface area contributed by atoms with Gasteiger partial charge in [-0.25, -0.2) is 4.98 Å². The number of hydrogen-bond donors (Lipinski definition) is 3. The van der Waals surface area contributed by atoms with E-state index in [1.807, 2.05) is 55.6 Å². The molecule has 0 saturated carbocycles. The number of guanidine groups is 1. The van der Waals surface area contributed by atoms with Crippen molar-refractivity contribution in [3.05, 3.63) is 94.0 Å². The fourth-order valence-corrected chi connectivity index (χ4v) is 3.86. The Labute approximate surface area is 173 Å². The van der Waals surface area contributed by atoms with Crippen LogP contribution >= 0.6 is 0 Å². The van der Waals surface area contributed by atoms with E-state index in [1.54, 1.807) is 10.6 Å². The van der Waals surface area contributed by atoms with Gasteiger partial charge < -0.3 is 10.3 Å². The number of anilines is 1. The molecule has 1 unspecified atom stereocenters. The first kappa shape index (κ1) is 18.2. The molecule has 3 heterocycles. The first-order chi connectivity index (χ1) is 14.7. The van der Waals surface area contributed by atoms with Crippen molar-refractivity contribution in [2.24, 2.45) is 4.99 Å². The van der Waals surface area contributed by atoms with E-state index in [2.05, 4.69) is 32.7 Å². The number of fused-ring (bicyclic) bond motifs is 2. The molecule has 0 saturated heterocycles. The maximum atomic E-state index is 12.7. The zero-order valence-electron chi connectivity index (χ0n) is 16.6. The number of nitrogens with one attached hydrogen (secondary N) is 3. The van der Waals surface area contributed by atoms with E-state index in [0.717, 1.165) is 17.5 Å². The van der Waals surface area contributed by atoms with E-state index in [-0.39, 0.29) is 11.7 Å². The summed E-state index contributed by atoms with van der Waals surface area (Å²) in [6, 6.07) is 19.7. The molecule has 3 N–H and O–H groups in total. The van der Waals surface area contributed by atoms with E-state index in [1.165, 1.54) is 10.9 Å². The number of aliphatic imine (C=N–C) groups is 1. The third kappa shape index (κ3) is 3.34. The fraction of sp³-hybridized carbons (Fsp3) is 0.174. The molecule has 7 nitrogen and oxygen atoms in total. The van der Waals surface area contributed by atoms with Gasteiger partial charge in [-0.2, -0.15) is 0 Å². The summed E-state index contributed by atoms with van der Waals surface area (Å²) in [5, 5.41) is 7.76. The second-order valence-electron chi connectivity index (χ2n) is 7.35. The monoisotopic (exact) mass is 398 g/mol. The first-order valence-electron chi connectivity index (χ1n) is 9.97. The summed E-state index contributed by atoms with van der Waals surface area (Å²) in [5.74, 6) is 1.11. The van der Waals surface area contributed by atoms with Gasteiger partial charge in [-0.05, 0) is 30.5 Å². The number of H-pyrrole nitrogens is 1. The second kappa shape index (κ2) is 7.51. The molecular formula is C23H22N6O. The van der Waals surface area contributed by atoms with Crippen molar-refractivity contribution in [1.82, 2.24) is 19.9 Å². The quantitative estimate of drug-likeness (QED) is 0.493. The van der Waals surface area contributed by atoms with Crippen molar-refractivity contribution in [3.8, 4) is 0 Å². The molecule has 1 aliphatic rings. The summed E-state index contributed by atoms with van der Waals surface area (Å²) < 4.78 is 1.63. The largest absolute Gasteiger partial charge is 0.361 e. The topological polar surface area (TPSA) is 87.1 Å². The highest BCUT2D eigenvalue weighted by Gasteiger charge is 2.26. The molecule has 7 heteroatoms. The lowest BCUT2D eigenvalue weighted by Gasteiger charge is -2.31. The van der Waals surface area contributed by atoms with Crippen LogP contribution in [0.4, 0.5) is 5.95 Å². The van der Waals surface area contributed by atoms with Crippen LogP contribution in [0.3, 0.4) is 0 Å². The Morgan fingerprint density at radius 2 is 1.90 bits per heavy atom. The van der Waals surface area contributed by atoms with E-state index in [9.17, 15) is 4.79 Å². The van der Waals surface area contributed by atoms with Gasteiger partial charge in [0, 0.05) is 35.4 Å². The number of benzene rings is 2. The van der Waals surface area contributed by atoms with Crippen molar-refractivity contribution < 1.29 is 0 Å². The third-order valence-corrected chi connectivity index (χ3v) is 5.28. The predicted octanol–water partition coefficient (Wildman–Crippen LogP) is 3.19. The van der Waals surface area contributed by atoms with Gasteiger partial charge in [-0.15, -0.1) is 0 Å².